The van der Waals surface area contributed by atoms with E-state index in [0.29, 0.717) is 6.04 Å². The van der Waals surface area contributed by atoms with Gasteiger partial charge in [-0.25, -0.2) is 9.97 Å². The minimum Gasteiger partial charge on any atom is -0.307 e. The van der Waals surface area contributed by atoms with Crippen LogP contribution in [0.2, 0.25) is 0 Å². The smallest absolute Gasteiger partial charge is 0.145 e. The van der Waals surface area contributed by atoms with Gasteiger partial charge in [0.25, 0.3) is 0 Å². The van der Waals surface area contributed by atoms with Crippen LogP contribution < -0.4 is 5.32 Å². The second kappa shape index (κ2) is 5.39. The van der Waals surface area contributed by atoms with Crippen molar-refractivity contribution in [2.75, 3.05) is 6.54 Å². The van der Waals surface area contributed by atoms with E-state index in [4.69, 9.17) is 0 Å². The Kier molecular flexibility index (Phi) is 3.88. The van der Waals surface area contributed by atoms with Crippen LogP contribution in [0.25, 0.3) is 0 Å². The average Bonchev–Trinajstić information content (AvgIpc) is 2.30. The molecule has 88 valence electrons. The van der Waals surface area contributed by atoms with Crippen molar-refractivity contribution in [1.82, 2.24) is 15.3 Å². The zero-order valence-corrected chi connectivity index (χ0v) is 10.3. The Morgan fingerprint density at radius 2 is 2.25 bits per heavy atom. The Morgan fingerprint density at radius 1 is 1.38 bits per heavy atom. The summed E-state index contributed by atoms with van der Waals surface area (Å²) in [6.07, 6.45) is 5.95. The van der Waals surface area contributed by atoms with Crippen LogP contribution in [-0.2, 0) is 6.42 Å². The van der Waals surface area contributed by atoms with Crippen LogP contribution in [0, 0.1) is 6.92 Å². The summed E-state index contributed by atoms with van der Waals surface area (Å²) in [4.78, 5) is 9.24. The predicted molar refractivity (Wildman–Crippen MR) is 65.4 cm³/mol. The monoisotopic (exact) mass is 219 g/mol. The van der Waals surface area contributed by atoms with Gasteiger partial charge in [-0.05, 0) is 38.8 Å². The average molecular weight is 219 g/mol. The van der Waals surface area contributed by atoms with Gasteiger partial charge >= 0.3 is 0 Å². The van der Waals surface area contributed by atoms with Gasteiger partial charge in [-0.15, -0.1) is 0 Å². The van der Waals surface area contributed by atoms with Gasteiger partial charge < -0.3 is 5.32 Å². The van der Waals surface area contributed by atoms with Crippen LogP contribution in [0.4, 0.5) is 0 Å². The molecule has 0 aromatic carbocycles. The second-order valence-electron chi connectivity index (χ2n) is 4.61. The third kappa shape index (κ3) is 2.79. The maximum atomic E-state index is 4.67. The summed E-state index contributed by atoms with van der Waals surface area (Å²) in [5.41, 5.74) is 2.29. The van der Waals surface area contributed by atoms with Crippen molar-refractivity contribution in [3.8, 4) is 0 Å². The summed E-state index contributed by atoms with van der Waals surface area (Å²) in [6.45, 7) is 5.36. The summed E-state index contributed by atoms with van der Waals surface area (Å²) in [5.74, 6) is 1.00. The highest BCUT2D eigenvalue weighted by Crippen LogP contribution is 2.20. The predicted octanol–water partition coefficient (Wildman–Crippen LogP) is 2.55. The minimum absolute atomic E-state index is 0.379. The van der Waals surface area contributed by atoms with Gasteiger partial charge in [-0.1, -0.05) is 19.8 Å². The first-order valence-corrected chi connectivity index (χ1v) is 6.37. The molecule has 3 nitrogen and oxygen atoms in total. The summed E-state index contributed by atoms with van der Waals surface area (Å²) in [6, 6.07) is 2.49. The number of nitrogens with zero attached hydrogens (tertiary/aromatic N) is 2. The number of piperidine rings is 1. The lowest BCUT2D eigenvalue weighted by molar-refractivity contribution is 0.395. The molecule has 0 bridgehead atoms. The second-order valence-corrected chi connectivity index (χ2v) is 4.61. The number of aryl methyl sites for hydroxylation is 2. The molecule has 0 aliphatic carbocycles. The molecular formula is C13H21N3. The summed E-state index contributed by atoms with van der Waals surface area (Å²) in [5, 5.41) is 3.51. The maximum absolute atomic E-state index is 4.67. The fourth-order valence-electron chi connectivity index (χ4n) is 2.27. The number of rotatable bonds is 3. The van der Waals surface area contributed by atoms with E-state index in [9.17, 15) is 0 Å². The molecule has 1 N–H and O–H groups in total. The molecule has 1 fully saturated rings. The molecule has 1 unspecified atom stereocenters. The van der Waals surface area contributed by atoms with Gasteiger partial charge in [0.15, 0.2) is 0 Å². The molecule has 0 saturated carbocycles. The number of nitrogens with one attached hydrogen (secondary N) is 1. The lowest BCUT2D eigenvalue weighted by atomic mass is 10.0. The van der Waals surface area contributed by atoms with Crippen LogP contribution in [0.1, 0.15) is 55.9 Å². The van der Waals surface area contributed by atoms with Crippen molar-refractivity contribution in [3.63, 3.8) is 0 Å². The van der Waals surface area contributed by atoms with E-state index >= 15 is 0 Å². The molecule has 1 atom stereocenters. The first-order valence-electron chi connectivity index (χ1n) is 6.37. The molecule has 2 rings (SSSR count). The molecule has 1 aliphatic heterocycles. The molecule has 16 heavy (non-hydrogen) atoms. The van der Waals surface area contributed by atoms with Crippen molar-refractivity contribution < 1.29 is 0 Å². The third-order valence-electron chi connectivity index (χ3n) is 3.05. The first kappa shape index (κ1) is 11.5. The van der Waals surface area contributed by atoms with Crippen molar-refractivity contribution in [2.45, 2.75) is 52.0 Å². The Hall–Kier alpha value is -0.960. The number of aromatic nitrogens is 2. The van der Waals surface area contributed by atoms with Gasteiger partial charge in [-0.2, -0.15) is 0 Å². The molecule has 1 aromatic heterocycles. The van der Waals surface area contributed by atoms with E-state index in [1.54, 1.807) is 0 Å². The first-order chi connectivity index (χ1) is 7.79. The molecular weight excluding hydrogens is 198 g/mol. The van der Waals surface area contributed by atoms with Crippen LogP contribution in [0.15, 0.2) is 6.07 Å². The zero-order valence-electron chi connectivity index (χ0n) is 10.3. The fourth-order valence-corrected chi connectivity index (χ4v) is 2.27. The Morgan fingerprint density at radius 3 is 2.94 bits per heavy atom. The molecule has 0 amide bonds. The Bertz CT molecular complexity index is 343. The molecule has 1 saturated heterocycles. The number of hydrogen-bond acceptors (Lipinski definition) is 3. The third-order valence-corrected chi connectivity index (χ3v) is 3.05. The summed E-state index contributed by atoms with van der Waals surface area (Å²) in [7, 11) is 0. The van der Waals surface area contributed by atoms with Crippen LogP contribution in [0.5, 0.6) is 0 Å². The van der Waals surface area contributed by atoms with Crippen molar-refractivity contribution in [2.24, 2.45) is 0 Å². The van der Waals surface area contributed by atoms with E-state index < -0.39 is 0 Å². The Labute approximate surface area is 97.7 Å². The van der Waals surface area contributed by atoms with E-state index in [1.165, 1.54) is 25.0 Å². The highest BCUT2D eigenvalue weighted by atomic mass is 15.0. The molecule has 1 aromatic rings. The standard InChI is InChI=1S/C13H21N3/c1-3-6-11-9-10(2)15-13(16-11)12-7-4-5-8-14-12/h9,12,14H,3-8H2,1-2H3. The molecule has 1 aliphatic rings. The van der Waals surface area contributed by atoms with E-state index in [2.05, 4.69) is 35.2 Å². The molecule has 2 heterocycles. The SMILES string of the molecule is CCCc1cc(C)nc(C2CCCCN2)n1. The summed E-state index contributed by atoms with van der Waals surface area (Å²) >= 11 is 0. The highest BCUT2D eigenvalue weighted by Gasteiger charge is 2.17. The Balaban J connectivity index is 2.18. The fraction of sp³-hybridized carbons (Fsp3) is 0.692. The quantitative estimate of drug-likeness (QED) is 0.849. The van der Waals surface area contributed by atoms with Crippen molar-refractivity contribution in [1.29, 1.82) is 0 Å². The maximum Gasteiger partial charge on any atom is 0.145 e. The van der Waals surface area contributed by atoms with Gasteiger partial charge in [-0.3, -0.25) is 0 Å². The molecule has 0 radical (unpaired) electrons. The topological polar surface area (TPSA) is 37.8 Å². The zero-order chi connectivity index (χ0) is 11.4. The molecule has 0 spiro atoms. The van der Waals surface area contributed by atoms with E-state index in [1.807, 2.05) is 0 Å². The van der Waals surface area contributed by atoms with Crippen LogP contribution in [-0.4, -0.2) is 16.5 Å². The van der Waals surface area contributed by atoms with Gasteiger partial charge in [0.1, 0.15) is 5.82 Å². The highest BCUT2D eigenvalue weighted by molar-refractivity contribution is 5.12. The lowest BCUT2D eigenvalue weighted by Crippen LogP contribution is -2.28. The van der Waals surface area contributed by atoms with Crippen LogP contribution >= 0.6 is 0 Å². The van der Waals surface area contributed by atoms with Crippen molar-refractivity contribution in [3.05, 3.63) is 23.3 Å². The normalized spacial score (nSPS) is 21.0. The van der Waals surface area contributed by atoms with E-state index in [0.717, 1.165) is 30.9 Å². The lowest BCUT2D eigenvalue weighted by Gasteiger charge is -2.22. The minimum atomic E-state index is 0.379. The van der Waals surface area contributed by atoms with Crippen LogP contribution in [0.3, 0.4) is 0 Å². The largest absolute Gasteiger partial charge is 0.307 e. The van der Waals surface area contributed by atoms with Gasteiger partial charge in [0.05, 0.1) is 6.04 Å². The van der Waals surface area contributed by atoms with Gasteiger partial charge in [0.2, 0.25) is 0 Å². The van der Waals surface area contributed by atoms with Gasteiger partial charge in [0, 0.05) is 11.4 Å². The van der Waals surface area contributed by atoms with Crippen molar-refractivity contribution >= 4 is 0 Å². The van der Waals surface area contributed by atoms with E-state index in [-0.39, 0.29) is 0 Å². The molecule has 3 heteroatoms. The number of hydrogen-bond donors (Lipinski definition) is 1. The summed E-state index contributed by atoms with van der Waals surface area (Å²) < 4.78 is 0.